The SMILES string of the molecule is NC(=O)c1cn(-c2ccccc2)nc1OC(F)(F)C(F)F. The van der Waals surface area contributed by atoms with Crippen LogP contribution in [0.1, 0.15) is 10.4 Å². The molecule has 0 radical (unpaired) electrons. The molecule has 1 aromatic heterocycles. The molecule has 0 unspecified atom stereocenters. The largest absolute Gasteiger partial charge is 0.462 e. The summed E-state index contributed by atoms with van der Waals surface area (Å²) >= 11 is 0. The number of aromatic nitrogens is 2. The standard InChI is InChI=1S/C12H9F4N3O2/c13-11(14)12(15,16)21-10-8(9(17)20)6-19(18-10)7-4-2-1-3-5-7/h1-6,11H,(H2,17,20). The molecule has 5 nitrogen and oxygen atoms in total. The van der Waals surface area contributed by atoms with Crippen LogP contribution in [0.25, 0.3) is 5.69 Å². The zero-order chi connectivity index (χ0) is 15.6. The van der Waals surface area contributed by atoms with Crippen molar-refractivity contribution in [2.24, 2.45) is 5.73 Å². The number of alkyl halides is 4. The molecule has 0 bridgehead atoms. The number of nitrogens with two attached hydrogens (primary N) is 1. The molecule has 2 rings (SSSR count). The van der Waals surface area contributed by atoms with E-state index in [0.29, 0.717) is 5.69 Å². The number of rotatable bonds is 5. The van der Waals surface area contributed by atoms with E-state index < -0.39 is 29.9 Å². The molecule has 9 heteroatoms. The Morgan fingerprint density at radius 3 is 2.43 bits per heavy atom. The second kappa shape index (κ2) is 5.43. The number of para-hydroxylation sites is 1. The summed E-state index contributed by atoms with van der Waals surface area (Å²) < 4.78 is 55.0. The monoisotopic (exact) mass is 303 g/mol. The fraction of sp³-hybridized carbons (Fsp3) is 0.167. The number of carbonyl (C=O) groups excluding carboxylic acids is 1. The van der Waals surface area contributed by atoms with Gasteiger partial charge < -0.3 is 10.5 Å². The summed E-state index contributed by atoms with van der Waals surface area (Å²) in [6.45, 7) is 0. The van der Waals surface area contributed by atoms with Gasteiger partial charge in [-0.2, -0.15) is 17.6 Å². The van der Waals surface area contributed by atoms with Gasteiger partial charge in [-0.1, -0.05) is 18.2 Å². The van der Waals surface area contributed by atoms with Crippen LogP contribution in [0.2, 0.25) is 0 Å². The van der Waals surface area contributed by atoms with E-state index in [1.807, 2.05) is 0 Å². The molecule has 0 saturated heterocycles. The Balaban J connectivity index is 2.42. The molecule has 1 aromatic carbocycles. The van der Waals surface area contributed by atoms with Crippen LogP contribution >= 0.6 is 0 Å². The zero-order valence-corrected chi connectivity index (χ0v) is 10.3. The first kappa shape index (κ1) is 14.8. The van der Waals surface area contributed by atoms with Gasteiger partial charge in [-0.15, -0.1) is 5.10 Å². The van der Waals surface area contributed by atoms with Gasteiger partial charge in [0, 0.05) is 6.20 Å². The van der Waals surface area contributed by atoms with E-state index in [9.17, 15) is 22.4 Å². The van der Waals surface area contributed by atoms with Crippen molar-refractivity contribution in [3.63, 3.8) is 0 Å². The Hall–Kier alpha value is -2.58. The summed E-state index contributed by atoms with van der Waals surface area (Å²) in [5, 5.41) is 3.55. The highest BCUT2D eigenvalue weighted by Gasteiger charge is 2.45. The molecule has 0 aliphatic carbocycles. The molecule has 0 aliphatic rings. The number of hydrogen-bond acceptors (Lipinski definition) is 3. The molecular formula is C12H9F4N3O2. The van der Waals surface area contributed by atoms with Gasteiger partial charge in [0.15, 0.2) is 0 Å². The number of primary amides is 1. The minimum absolute atomic E-state index is 0.412. The van der Waals surface area contributed by atoms with E-state index >= 15 is 0 Å². The lowest BCUT2D eigenvalue weighted by Gasteiger charge is -2.15. The van der Waals surface area contributed by atoms with Crippen molar-refractivity contribution < 1.29 is 27.1 Å². The lowest BCUT2D eigenvalue weighted by atomic mass is 10.3. The second-order valence-electron chi connectivity index (χ2n) is 3.96. The number of nitrogens with zero attached hydrogens (tertiary/aromatic N) is 2. The van der Waals surface area contributed by atoms with Gasteiger partial charge in [-0.05, 0) is 12.1 Å². The Bertz CT molecular complexity index is 643. The first-order valence-corrected chi connectivity index (χ1v) is 5.61. The summed E-state index contributed by atoms with van der Waals surface area (Å²) in [5.41, 5.74) is 4.88. The third-order valence-corrected chi connectivity index (χ3v) is 2.45. The zero-order valence-electron chi connectivity index (χ0n) is 10.3. The number of benzene rings is 1. The molecule has 2 aromatic rings. The lowest BCUT2D eigenvalue weighted by molar-refractivity contribution is -0.254. The van der Waals surface area contributed by atoms with Crippen molar-refractivity contribution in [3.8, 4) is 11.6 Å². The van der Waals surface area contributed by atoms with Crippen molar-refractivity contribution >= 4 is 5.91 Å². The average Bonchev–Trinajstić information content (AvgIpc) is 2.83. The van der Waals surface area contributed by atoms with Crippen molar-refractivity contribution in [3.05, 3.63) is 42.1 Å². The van der Waals surface area contributed by atoms with Crippen LogP contribution < -0.4 is 10.5 Å². The van der Waals surface area contributed by atoms with Gasteiger partial charge in [0.25, 0.3) is 11.8 Å². The first-order valence-electron chi connectivity index (χ1n) is 5.61. The number of hydrogen-bond donors (Lipinski definition) is 1. The molecular weight excluding hydrogens is 294 g/mol. The maximum atomic E-state index is 12.9. The van der Waals surface area contributed by atoms with E-state index in [1.165, 1.54) is 0 Å². The fourth-order valence-corrected chi connectivity index (χ4v) is 1.49. The molecule has 21 heavy (non-hydrogen) atoms. The number of halogens is 4. The Morgan fingerprint density at radius 1 is 1.29 bits per heavy atom. The Morgan fingerprint density at radius 2 is 1.90 bits per heavy atom. The maximum absolute atomic E-state index is 12.9. The van der Waals surface area contributed by atoms with Gasteiger partial charge in [0.05, 0.1) is 5.69 Å². The minimum Gasteiger partial charge on any atom is -0.408 e. The summed E-state index contributed by atoms with van der Waals surface area (Å²) in [7, 11) is 0. The van der Waals surface area contributed by atoms with Crippen LogP contribution in [0, 0.1) is 0 Å². The highest BCUT2D eigenvalue weighted by molar-refractivity contribution is 5.95. The number of ether oxygens (including phenoxy) is 1. The maximum Gasteiger partial charge on any atom is 0.462 e. The molecule has 112 valence electrons. The third kappa shape index (κ3) is 3.12. The van der Waals surface area contributed by atoms with Crippen LogP contribution in [-0.4, -0.2) is 28.2 Å². The third-order valence-electron chi connectivity index (χ3n) is 2.45. The van der Waals surface area contributed by atoms with E-state index in [-0.39, 0.29) is 0 Å². The summed E-state index contributed by atoms with van der Waals surface area (Å²) in [4.78, 5) is 11.2. The molecule has 0 aliphatic heterocycles. The van der Waals surface area contributed by atoms with Gasteiger partial charge in [-0.25, -0.2) is 4.68 Å². The Kier molecular flexibility index (Phi) is 3.83. The van der Waals surface area contributed by atoms with E-state index in [1.54, 1.807) is 30.3 Å². The molecule has 2 N–H and O–H groups in total. The van der Waals surface area contributed by atoms with Crippen LogP contribution in [0.5, 0.6) is 5.88 Å². The Labute approximate surface area is 115 Å². The van der Waals surface area contributed by atoms with Crippen LogP contribution in [0.3, 0.4) is 0 Å². The topological polar surface area (TPSA) is 70.1 Å². The predicted molar refractivity (Wildman–Crippen MR) is 63.7 cm³/mol. The fourth-order valence-electron chi connectivity index (χ4n) is 1.49. The predicted octanol–water partition coefficient (Wildman–Crippen LogP) is 2.21. The first-order chi connectivity index (χ1) is 9.81. The summed E-state index contributed by atoms with van der Waals surface area (Å²) in [6, 6.07) is 8.09. The second-order valence-corrected chi connectivity index (χ2v) is 3.96. The van der Waals surface area contributed by atoms with E-state index in [2.05, 4.69) is 9.84 Å². The highest BCUT2D eigenvalue weighted by atomic mass is 19.3. The molecule has 0 atom stereocenters. The average molecular weight is 303 g/mol. The molecule has 1 amide bonds. The normalized spacial score (nSPS) is 11.7. The summed E-state index contributed by atoms with van der Waals surface area (Å²) in [6.07, 6.45) is -7.82. The van der Waals surface area contributed by atoms with Crippen molar-refractivity contribution in [2.45, 2.75) is 12.5 Å². The van der Waals surface area contributed by atoms with Crippen LogP contribution in [-0.2, 0) is 0 Å². The number of amides is 1. The molecule has 1 heterocycles. The van der Waals surface area contributed by atoms with Crippen LogP contribution in [0.15, 0.2) is 36.5 Å². The van der Waals surface area contributed by atoms with Gasteiger partial charge >= 0.3 is 12.5 Å². The van der Waals surface area contributed by atoms with E-state index in [0.717, 1.165) is 10.9 Å². The van der Waals surface area contributed by atoms with Gasteiger partial charge in [0.2, 0.25) is 0 Å². The molecule has 0 spiro atoms. The quantitative estimate of drug-likeness (QED) is 0.861. The molecule has 0 saturated carbocycles. The van der Waals surface area contributed by atoms with Gasteiger partial charge in [-0.3, -0.25) is 4.79 Å². The van der Waals surface area contributed by atoms with E-state index in [4.69, 9.17) is 5.73 Å². The number of carbonyl (C=O) groups is 1. The van der Waals surface area contributed by atoms with Gasteiger partial charge in [0.1, 0.15) is 5.56 Å². The highest BCUT2D eigenvalue weighted by Crippen LogP contribution is 2.29. The van der Waals surface area contributed by atoms with Crippen molar-refractivity contribution in [1.82, 2.24) is 9.78 Å². The lowest BCUT2D eigenvalue weighted by Crippen LogP contribution is -2.34. The smallest absolute Gasteiger partial charge is 0.408 e. The molecule has 0 fully saturated rings. The van der Waals surface area contributed by atoms with Crippen molar-refractivity contribution in [2.75, 3.05) is 0 Å². The minimum atomic E-state index is -4.78. The van der Waals surface area contributed by atoms with Crippen molar-refractivity contribution in [1.29, 1.82) is 0 Å². The summed E-state index contributed by atoms with van der Waals surface area (Å²) in [5.74, 6) is -2.09. The van der Waals surface area contributed by atoms with Crippen LogP contribution in [0.4, 0.5) is 17.6 Å².